The third-order valence-electron chi connectivity index (χ3n) is 3.89. The van der Waals surface area contributed by atoms with Gasteiger partial charge in [-0.1, -0.05) is 30.4 Å². The highest BCUT2D eigenvalue weighted by Crippen LogP contribution is 2.38. The van der Waals surface area contributed by atoms with Gasteiger partial charge in [0.1, 0.15) is 5.82 Å². The molecule has 6 heteroatoms. The summed E-state index contributed by atoms with van der Waals surface area (Å²) < 4.78 is 18.9. The highest BCUT2D eigenvalue weighted by atomic mass is 19.1. The predicted octanol–water partition coefficient (Wildman–Crippen LogP) is -0.239. The van der Waals surface area contributed by atoms with Crippen LogP contribution in [-0.4, -0.2) is 24.1 Å². The second-order valence-corrected chi connectivity index (χ2v) is 5.13. The molecule has 2 aliphatic heterocycles. The lowest BCUT2D eigenvalue weighted by molar-refractivity contribution is -0.313. The topological polar surface area (TPSA) is 78.5 Å². The minimum absolute atomic E-state index is 0.00285. The standard InChI is InChI=1S/C15H14FNO4/c16-9-4-2-1-3-8(9)7-17-14(18)12-10-5-6-11(21-10)13(12)15(19)20/h1-6,10-13H,7H2,(H,17,18)(H,19,20)/p-1/t10-,11+,12+,13-/m0/s1. The quantitative estimate of drug-likeness (QED) is 0.776. The zero-order chi connectivity index (χ0) is 15.0. The van der Waals surface area contributed by atoms with Gasteiger partial charge in [0.15, 0.2) is 0 Å². The fourth-order valence-electron chi connectivity index (χ4n) is 2.84. The molecular formula is C15H13FNO4-. The molecule has 4 atom stereocenters. The van der Waals surface area contributed by atoms with Crippen molar-refractivity contribution in [3.8, 4) is 0 Å². The molecule has 1 fully saturated rings. The van der Waals surface area contributed by atoms with E-state index >= 15 is 0 Å². The molecule has 1 N–H and O–H groups in total. The molecule has 1 aromatic carbocycles. The highest BCUT2D eigenvalue weighted by molar-refractivity contribution is 5.86. The Labute approximate surface area is 120 Å². The van der Waals surface area contributed by atoms with Crippen molar-refractivity contribution >= 4 is 11.9 Å². The van der Waals surface area contributed by atoms with Crippen LogP contribution in [0.1, 0.15) is 5.56 Å². The monoisotopic (exact) mass is 290 g/mol. The van der Waals surface area contributed by atoms with Gasteiger partial charge in [0.2, 0.25) is 5.91 Å². The number of halogens is 1. The van der Waals surface area contributed by atoms with Crippen LogP contribution in [0.25, 0.3) is 0 Å². The molecule has 1 saturated heterocycles. The van der Waals surface area contributed by atoms with Gasteiger partial charge >= 0.3 is 0 Å². The number of carboxylic acids is 1. The molecule has 0 spiro atoms. The zero-order valence-corrected chi connectivity index (χ0v) is 11.0. The summed E-state index contributed by atoms with van der Waals surface area (Å²) in [6.07, 6.45) is 2.13. The number of fused-ring (bicyclic) bond motifs is 2. The van der Waals surface area contributed by atoms with E-state index < -0.39 is 41.7 Å². The smallest absolute Gasteiger partial charge is 0.227 e. The maximum Gasteiger partial charge on any atom is 0.227 e. The normalized spacial score (nSPS) is 29.6. The maximum absolute atomic E-state index is 13.5. The molecule has 1 amide bonds. The molecule has 2 aliphatic rings. The molecule has 110 valence electrons. The average Bonchev–Trinajstić information content (AvgIpc) is 3.06. The van der Waals surface area contributed by atoms with Gasteiger partial charge in [-0.25, -0.2) is 4.39 Å². The van der Waals surface area contributed by atoms with E-state index in [0.29, 0.717) is 5.56 Å². The Hall–Kier alpha value is -2.21. The molecule has 1 aromatic rings. The Morgan fingerprint density at radius 2 is 1.86 bits per heavy atom. The molecule has 0 aromatic heterocycles. The molecule has 3 rings (SSSR count). The fourth-order valence-corrected chi connectivity index (χ4v) is 2.84. The summed E-state index contributed by atoms with van der Waals surface area (Å²) >= 11 is 0. The van der Waals surface area contributed by atoms with Gasteiger partial charge in [0.05, 0.1) is 18.1 Å². The largest absolute Gasteiger partial charge is 0.550 e. The molecular weight excluding hydrogens is 277 g/mol. The van der Waals surface area contributed by atoms with Crippen molar-refractivity contribution in [1.82, 2.24) is 5.32 Å². The predicted molar refractivity (Wildman–Crippen MR) is 68.0 cm³/mol. The summed E-state index contributed by atoms with van der Waals surface area (Å²) in [7, 11) is 0. The van der Waals surface area contributed by atoms with Gasteiger partial charge in [0.25, 0.3) is 0 Å². The summed E-state index contributed by atoms with van der Waals surface area (Å²) in [4.78, 5) is 23.4. The Morgan fingerprint density at radius 3 is 2.52 bits per heavy atom. The van der Waals surface area contributed by atoms with E-state index in [2.05, 4.69) is 5.32 Å². The minimum Gasteiger partial charge on any atom is -0.550 e. The lowest BCUT2D eigenvalue weighted by atomic mass is 9.82. The van der Waals surface area contributed by atoms with Crippen LogP contribution in [0.4, 0.5) is 4.39 Å². The molecule has 2 bridgehead atoms. The van der Waals surface area contributed by atoms with E-state index in [1.54, 1.807) is 30.4 Å². The summed E-state index contributed by atoms with van der Waals surface area (Å²) in [5, 5.41) is 13.7. The lowest BCUT2D eigenvalue weighted by Crippen LogP contribution is -2.46. The van der Waals surface area contributed by atoms with Crippen LogP contribution < -0.4 is 10.4 Å². The van der Waals surface area contributed by atoms with E-state index in [4.69, 9.17) is 4.74 Å². The number of rotatable bonds is 4. The van der Waals surface area contributed by atoms with E-state index in [0.717, 1.165) is 0 Å². The molecule has 2 heterocycles. The van der Waals surface area contributed by atoms with Crippen LogP contribution in [0.3, 0.4) is 0 Å². The van der Waals surface area contributed by atoms with Crippen LogP contribution in [0.2, 0.25) is 0 Å². The number of nitrogens with one attached hydrogen (secondary N) is 1. The second-order valence-electron chi connectivity index (χ2n) is 5.13. The Morgan fingerprint density at radius 1 is 1.19 bits per heavy atom. The number of amides is 1. The van der Waals surface area contributed by atoms with Gasteiger partial charge < -0.3 is 20.0 Å². The van der Waals surface area contributed by atoms with E-state index in [-0.39, 0.29) is 6.54 Å². The Kier molecular flexibility index (Phi) is 3.47. The molecule has 21 heavy (non-hydrogen) atoms. The Balaban J connectivity index is 1.69. The third-order valence-corrected chi connectivity index (χ3v) is 3.89. The average molecular weight is 290 g/mol. The summed E-state index contributed by atoms with van der Waals surface area (Å²) in [5.41, 5.74) is 0.343. The maximum atomic E-state index is 13.5. The Bertz CT molecular complexity index is 615. The number of carbonyl (C=O) groups excluding carboxylic acids is 2. The first-order valence-electron chi connectivity index (χ1n) is 6.63. The number of ether oxygens (including phenoxy) is 1. The highest BCUT2D eigenvalue weighted by Gasteiger charge is 2.50. The molecule has 0 aliphatic carbocycles. The van der Waals surface area contributed by atoms with Crippen molar-refractivity contribution in [3.63, 3.8) is 0 Å². The van der Waals surface area contributed by atoms with E-state index in [1.165, 1.54) is 6.07 Å². The van der Waals surface area contributed by atoms with Crippen LogP contribution in [0.15, 0.2) is 36.4 Å². The number of aliphatic carboxylic acids is 1. The minimum atomic E-state index is -1.31. The number of carboxylic acid groups (broad SMARTS) is 1. The number of carbonyl (C=O) groups is 2. The van der Waals surface area contributed by atoms with E-state index in [1.807, 2.05) is 0 Å². The zero-order valence-electron chi connectivity index (χ0n) is 11.0. The van der Waals surface area contributed by atoms with Gasteiger partial charge in [-0.2, -0.15) is 0 Å². The lowest BCUT2D eigenvalue weighted by Gasteiger charge is -2.25. The van der Waals surface area contributed by atoms with Crippen molar-refractivity contribution in [2.45, 2.75) is 18.8 Å². The van der Waals surface area contributed by atoms with E-state index in [9.17, 15) is 19.1 Å². The van der Waals surface area contributed by atoms with Crippen molar-refractivity contribution in [1.29, 1.82) is 0 Å². The van der Waals surface area contributed by atoms with Crippen LogP contribution >= 0.6 is 0 Å². The van der Waals surface area contributed by atoms with Crippen molar-refractivity contribution in [2.75, 3.05) is 0 Å². The van der Waals surface area contributed by atoms with Crippen LogP contribution in [0, 0.1) is 17.7 Å². The number of hydrogen-bond acceptors (Lipinski definition) is 4. The van der Waals surface area contributed by atoms with Crippen molar-refractivity contribution in [2.24, 2.45) is 11.8 Å². The number of benzene rings is 1. The van der Waals surface area contributed by atoms with Gasteiger partial charge in [-0.3, -0.25) is 4.79 Å². The van der Waals surface area contributed by atoms with Gasteiger partial charge in [-0.15, -0.1) is 0 Å². The van der Waals surface area contributed by atoms with Crippen molar-refractivity contribution < 1.29 is 23.8 Å². The molecule has 0 radical (unpaired) electrons. The SMILES string of the molecule is O=C([O-])[C@@H]1[C@H](C(=O)NCc2ccccc2F)[C@@H]2C=C[C@H]1O2. The molecule has 5 nitrogen and oxygen atoms in total. The first-order valence-corrected chi connectivity index (χ1v) is 6.63. The first-order chi connectivity index (χ1) is 10.1. The summed E-state index contributed by atoms with van der Waals surface area (Å²) in [5.74, 6) is -4.03. The first kappa shape index (κ1) is 13.8. The van der Waals surface area contributed by atoms with Crippen LogP contribution in [0.5, 0.6) is 0 Å². The number of hydrogen-bond donors (Lipinski definition) is 1. The molecule has 0 unspecified atom stereocenters. The molecule has 0 saturated carbocycles. The van der Waals surface area contributed by atoms with Gasteiger partial charge in [0, 0.05) is 24.0 Å². The fraction of sp³-hybridized carbons (Fsp3) is 0.333. The summed E-state index contributed by atoms with van der Waals surface area (Å²) in [6, 6.07) is 6.08. The van der Waals surface area contributed by atoms with Crippen LogP contribution in [-0.2, 0) is 20.9 Å². The third kappa shape index (κ3) is 2.42. The summed E-state index contributed by atoms with van der Waals surface area (Å²) in [6.45, 7) is 0.00285. The van der Waals surface area contributed by atoms with Gasteiger partial charge in [-0.05, 0) is 6.07 Å². The second kappa shape index (κ2) is 5.29. The van der Waals surface area contributed by atoms with Crippen molar-refractivity contribution in [3.05, 3.63) is 47.8 Å².